The Morgan fingerprint density at radius 3 is 2.85 bits per heavy atom. The van der Waals surface area contributed by atoms with Gasteiger partial charge in [0.15, 0.2) is 11.9 Å². The molecule has 6 nitrogen and oxygen atoms in total. The van der Waals surface area contributed by atoms with Crippen molar-refractivity contribution in [3.63, 3.8) is 0 Å². The van der Waals surface area contributed by atoms with Crippen LogP contribution in [0, 0.1) is 5.41 Å². The fourth-order valence-corrected chi connectivity index (χ4v) is 6.27. The van der Waals surface area contributed by atoms with Gasteiger partial charge in [-0.3, -0.25) is 4.79 Å². The van der Waals surface area contributed by atoms with Gasteiger partial charge in [-0.25, -0.2) is 0 Å². The first-order valence-electron chi connectivity index (χ1n) is 12.2. The lowest BCUT2D eigenvalue weighted by molar-refractivity contribution is -0.119. The molecule has 3 aliphatic heterocycles. The minimum absolute atomic E-state index is 0.0707. The minimum atomic E-state index is -0.538. The maximum Gasteiger partial charge on any atom is 0.164 e. The van der Waals surface area contributed by atoms with Crippen LogP contribution in [0.1, 0.15) is 45.6 Å². The molecule has 1 unspecified atom stereocenters. The zero-order valence-corrected chi connectivity index (χ0v) is 20.0. The summed E-state index contributed by atoms with van der Waals surface area (Å²) in [5.74, 6) is 1.13. The number of hydrogen-bond donors (Lipinski definition) is 1. The number of para-hydroxylation sites is 2. The summed E-state index contributed by atoms with van der Waals surface area (Å²) in [6.45, 7) is 7.93. The molecule has 0 radical (unpaired) electrons. The molecule has 0 fully saturated rings. The van der Waals surface area contributed by atoms with Gasteiger partial charge in [0.2, 0.25) is 0 Å². The second-order valence-corrected chi connectivity index (χ2v) is 10.4. The Balaban J connectivity index is 1.53. The lowest BCUT2D eigenvalue weighted by Gasteiger charge is -2.48. The van der Waals surface area contributed by atoms with Gasteiger partial charge in [0.1, 0.15) is 12.4 Å². The van der Waals surface area contributed by atoms with E-state index in [2.05, 4.69) is 71.5 Å². The Bertz CT molecular complexity index is 1270. The molecule has 6 rings (SSSR count). The summed E-state index contributed by atoms with van der Waals surface area (Å²) in [4.78, 5) is 16.0. The fourth-order valence-electron chi connectivity index (χ4n) is 6.27. The van der Waals surface area contributed by atoms with Gasteiger partial charge in [-0.15, -0.1) is 0 Å². The Morgan fingerprint density at radius 1 is 1.15 bits per heavy atom. The molecular weight excluding hydrogens is 424 g/mol. The number of benzene rings is 2. The number of ether oxygens (including phenoxy) is 1. The number of carbonyl (C=O) groups is 1. The van der Waals surface area contributed by atoms with Crippen LogP contribution in [0.15, 0.2) is 81.8 Å². The Morgan fingerprint density at radius 2 is 2.00 bits per heavy atom. The van der Waals surface area contributed by atoms with Crippen molar-refractivity contribution < 1.29 is 9.53 Å². The van der Waals surface area contributed by atoms with E-state index in [4.69, 9.17) is 4.74 Å². The van der Waals surface area contributed by atoms with Crippen molar-refractivity contribution in [3.05, 3.63) is 77.1 Å². The molecule has 1 aliphatic carbocycles. The van der Waals surface area contributed by atoms with Gasteiger partial charge in [0.05, 0.1) is 23.8 Å². The Kier molecular flexibility index (Phi) is 4.70. The monoisotopic (exact) mass is 454 g/mol. The van der Waals surface area contributed by atoms with Crippen LogP contribution in [0.5, 0.6) is 5.75 Å². The van der Waals surface area contributed by atoms with Crippen molar-refractivity contribution in [3.8, 4) is 5.75 Å². The molecule has 0 aromatic heterocycles. The number of carbonyl (C=O) groups excluding carboxylic acids is 1. The van der Waals surface area contributed by atoms with E-state index in [1.807, 2.05) is 24.4 Å². The third kappa shape index (κ3) is 3.04. The third-order valence-corrected chi connectivity index (χ3v) is 7.69. The number of nitrogens with zero attached hydrogens (tertiary/aromatic N) is 3. The van der Waals surface area contributed by atoms with Crippen LogP contribution in [-0.4, -0.2) is 25.1 Å². The number of azo groups is 1. The molecule has 0 saturated carbocycles. The normalized spacial score (nSPS) is 26.8. The van der Waals surface area contributed by atoms with Gasteiger partial charge in [-0.1, -0.05) is 45.0 Å². The van der Waals surface area contributed by atoms with Crippen LogP contribution < -0.4 is 15.0 Å². The molecule has 2 aromatic carbocycles. The number of anilines is 2. The molecular formula is C28H30N4O2. The van der Waals surface area contributed by atoms with Gasteiger partial charge in [-0.05, 0) is 48.1 Å². The van der Waals surface area contributed by atoms with Gasteiger partial charge in [-0.2, -0.15) is 10.2 Å². The SMILES string of the molecule is CC[C@@]1(c2cccc(N3CCOc4ccccc43)c2)C2=CN=NC2NC2=C1C(=O)CC(C)(C)C2. The summed E-state index contributed by atoms with van der Waals surface area (Å²) in [6, 6.07) is 16.8. The highest BCUT2D eigenvalue weighted by Crippen LogP contribution is 2.54. The molecule has 3 heterocycles. The molecule has 0 spiro atoms. The zero-order valence-electron chi connectivity index (χ0n) is 20.0. The summed E-state index contributed by atoms with van der Waals surface area (Å²) >= 11 is 0. The average Bonchev–Trinajstić information content (AvgIpc) is 3.30. The number of rotatable bonds is 3. The highest BCUT2D eigenvalue weighted by Gasteiger charge is 2.53. The summed E-state index contributed by atoms with van der Waals surface area (Å²) < 4.78 is 5.89. The Labute approximate surface area is 200 Å². The molecule has 174 valence electrons. The number of allylic oxidation sites excluding steroid dienone is 2. The van der Waals surface area contributed by atoms with Crippen molar-refractivity contribution in [2.75, 3.05) is 18.1 Å². The first kappa shape index (κ1) is 21.1. The molecule has 2 atom stereocenters. The van der Waals surface area contributed by atoms with E-state index in [0.29, 0.717) is 13.0 Å². The van der Waals surface area contributed by atoms with Crippen molar-refractivity contribution in [2.24, 2.45) is 15.6 Å². The standard InChI is InChI=1S/C28H30N4O2/c1-4-28(20-17-29-31-26(20)30-21-15-27(2,3)16-23(33)25(21)28)18-8-7-9-19(14-18)32-12-13-34-24-11-6-5-10-22(24)32/h5-11,14,17,26,30H,4,12-13,15-16H2,1-3H3/t26?,28-/m1/s1. The van der Waals surface area contributed by atoms with E-state index in [9.17, 15) is 4.79 Å². The number of fused-ring (bicyclic) bond motifs is 2. The van der Waals surface area contributed by atoms with Crippen LogP contribution in [-0.2, 0) is 10.2 Å². The molecule has 0 bridgehead atoms. The molecule has 6 heteroatoms. The van der Waals surface area contributed by atoms with Crippen LogP contribution in [0.25, 0.3) is 0 Å². The van der Waals surface area contributed by atoms with E-state index in [1.165, 1.54) is 0 Å². The van der Waals surface area contributed by atoms with E-state index >= 15 is 0 Å². The number of hydrogen-bond acceptors (Lipinski definition) is 6. The van der Waals surface area contributed by atoms with Gasteiger partial charge >= 0.3 is 0 Å². The maximum absolute atomic E-state index is 13.7. The smallest absolute Gasteiger partial charge is 0.164 e. The predicted octanol–water partition coefficient (Wildman–Crippen LogP) is 5.79. The van der Waals surface area contributed by atoms with Crippen molar-refractivity contribution in [1.82, 2.24) is 5.32 Å². The highest BCUT2D eigenvalue weighted by atomic mass is 16.5. The fraction of sp³-hybridized carbons (Fsp3) is 0.393. The van der Waals surface area contributed by atoms with Gasteiger partial charge in [0, 0.05) is 29.0 Å². The van der Waals surface area contributed by atoms with E-state index in [-0.39, 0.29) is 17.4 Å². The molecule has 0 saturated heterocycles. The largest absolute Gasteiger partial charge is 0.490 e. The van der Waals surface area contributed by atoms with Gasteiger partial charge in [0.25, 0.3) is 0 Å². The molecule has 4 aliphatic rings. The summed E-state index contributed by atoms with van der Waals surface area (Å²) in [5.41, 5.74) is 5.71. The van der Waals surface area contributed by atoms with Crippen molar-refractivity contribution in [2.45, 2.75) is 51.6 Å². The lowest BCUT2D eigenvalue weighted by atomic mass is 9.59. The van der Waals surface area contributed by atoms with Crippen molar-refractivity contribution in [1.29, 1.82) is 0 Å². The van der Waals surface area contributed by atoms with Crippen molar-refractivity contribution >= 4 is 17.2 Å². The van der Waals surface area contributed by atoms with Crippen LogP contribution in [0.3, 0.4) is 0 Å². The van der Waals surface area contributed by atoms with Crippen LogP contribution in [0.2, 0.25) is 0 Å². The minimum Gasteiger partial charge on any atom is -0.490 e. The maximum atomic E-state index is 13.7. The lowest BCUT2D eigenvalue weighted by Crippen LogP contribution is -2.51. The van der Waals surface area contributed by atoms with Crippen LogP contribution in [0.4, 0.5) is 11.4 Å². The van der Waals surface area contributed by atoms with E-state index < -0.39 is 5.41 Å². The third-order valence-electron chi connectivity index (χ3n) is 7.69. The summed E-state index contributed by atoms with van der Waals surface area (Å²) in [5, 5.41) is 12.3. The Hall–Kier alpha value is -3.41. The first-order valence-corrected chi connectivity index (χ1v) is 12.2. The molecule has 2 aromatic rings. The number of Topliss-reactive ketones (excluding diaryl/α,β-unsaturated/α-hetero) is 1. The van der Waals surface area contributed by atoms with Crippen LogP contribution >= 0.6 is 0 Å². The summed E-state index contributed by atoms with van der Waals surface area (Å²) in [6.07, 6.45) is 3.82. The van der Waals surface area contributed by atoms with E-state index in [1.54, 1.807) is 0 Å². The first-order chi connectivity index (χ1) is 16.4. The quantitative estimate of drug-likeness (QED) is 0.638. The predicted molar refractivity (Wildman–Crippen MR) is 132 cm³/mol. The second-order valence-electron chi connectivity index (χ2n) is 10.4. The molecule has 34 heavy (non-hydrogen) atoms. The number of ketones is 1. The average molecular weight is 455 g/mol. The zero-order chi connectivity index (χ0) is 23.5. The molecule has 1 N–H and O–H groups in total. The van der Waals surface area contributed by atoms with Gasteiger partial charge < -0.3 is 15.0 Å². The number of nitrogens with one attached hydrogen (secondary N) is 1. The summed E-state index contributed by atoms with van der Waals surface area (Å²) in [7, 11) is 0. The molecule has 0 amide bonds. The highest BCUT2D eigenvalue weighted by molar-refractivity contribution is 6.01. The topological polar surface area (TPSA) is 66.3 Å². The second kappa shape index (κ2) is 7.55. The van der Waals surface area contributed by atoms with E-state index in [0.717, 1.165) is 58.9 Å².